The van der Waals surface area contributed by atoms with Gasteiger partial charge in [-0.15, -0.1) is 0 Å². The van der Waals surface area contributed by atoms with Gasteiger partial charge in [0.2, 0.25) is 5.89 Å². The molecule has 5 heteroatoms. The smallest absolute Gasteiger partial charge is 0.355 e. The molecule has 0 atom stereocenters. The molecule has 0 spiro atoms. The Hall–Kier alpha value is -2.17. The summed E-state index contributed by atoms with van der Waals surface area (Å²) in [6, 6.07) is 3.37. The van der Waals surface area contributed by atoms with E-state index < -0.39 is 5.97 Å². The van der Waals surface area contributed by atoms with Crippen molar-refractivity contribution in [2.45, 2.75) is 13.8 Å². The fourth-order valence-corrected chi connectivity index (χ4v) is 1.37. The number of carbonyl (C=O) groups is 1. The highest BCUT2D eigenvalue weighted by molar-refractivity contribution is 5.92. The Labute approximate surface area is 91.8 Å². The van der Waals surface area contributed by atoms with Crippen molar-refractivity contribution in [2.75, 3.05) is 0 Å². The second-order valence-corrected chi connectivity index (χ2v) is 3.45. The number of oxazole rings is 1. The quantitative estimate of drug-likeness (QED) is 0.834. The molecule has 2 aromatic heterocycles. The maximum atomic E-state index is 11.0. The van der Waals surface area contributed by atoms with E-state index in [9.17, 15) is 4.79 Å². The molecule has 2 heterocycles. The predicted molar refractivity (Wildman–Crippen MR) is 56.2 cm³/mol. The highest BCUT2D eigenvalue weighted by atomic mass is 16.4. The van der Waals surface area contributed by atoms with Crippen molar-refractivity contribution >= 4 is 5.97 Å². The third kappa shape index (κ3) is 1.79. The van der Waals surface area contributed by atoms with Gasteiger partial charge in [-0.25, -0.2) is 14.8 Å². The fraction of sp³-hybridized carbons (Fsp3) is 0.182. The van der Waals surface area contributed by atoms with Crippen LogP contribution in [0.1, 0.15) is 21.9 Å². The molecule has 0 aliphatic rings. The molecule has 0 amide bonds. The van der Waals surface area contributed by atoms with Crippen LogP contribution >= 0.6 is 0 Å². The van der Waals surface area contributed by atoms with Gasteiger partial charge in [-0.1, -0.05) is 0 Å². The van der Waals surface area contributed by atoms with Gasteiger partial charge in [0.05, 0.1) is 11.3 Å². The van der Waals surface area contributed by atoms with Crippen LogP contribution in [-0.4, -0.2) is 21.0 Å². The van der Waals surface area contributed by atoms with E-state index in [2.05, 4.69) is 9.97 Å². The molecule has 0 aromatic carbocycles. The minimum Gasteiger partial charge on any atom is -0.476 e. The summed E-state index contributed by atoms with van der Waals surface area (Å²) in [5, 5.41) is 9.03. The van der Waals surface area contributed by atoms with E-state index in [-0.39, 0.29) is 11.6 Å². The van der Waals surface area contributed by atoms with Gasteiger partial charge in [-0.3, -0.25) is 0 Å². The van der Waals surface area contributed by atoms with Gasteiger partial charge >= 0.3 is 5.97 Å². The number of hydrogen-bond acceptors (Lipinski definition) is 4. The van der Waals surface area contributed by atoms with Crippen molar-refractivity contribution in [1.29, 1.82) is 0 Å². The minimum atomic E-state index is -1.09. The molecule has 0 bridgehead atoms. The molecule has 0 saturated carbocycles. The Kier molecular flexibility index (Phi) is 2.44. The van der Waals surface area contributed by atoms with Crippen LogP contribution < -0.4 is 0 Å². The molecule has 0 unspecified atom stereocenters. The second kappa shape index (κ2) is 3.77. The van der Waals surface area contributed by atoms with Crippen LogP contribution in [0.15, 0.2) is 22.8 Å². The molecule has 1 N–H and O–H groups in total. The van der Waals surface area contributed by atoms with Crippen LogP contribution in [0.2, 0.25) is 0 Å². The monoisotopic (exact) mass is 218 g/mol. The van der Waals surface area contributed by atoms with Gasteiger partial charge in [0.1, 0.15) is 6.26 Å². The fourth-order valence-electron chi connectivity index (χ4n) is 1.37. The van der Waals surface area contributed by atoms with E-state index in [0.29, 0.717) is 17.0 Å². The maximum absolute atomic E-state index is 11.0. The third-order valence-corrected chi connectivity index (χ3v) is 2.09. The van der Waals surface area contributed by atoms with E-state index in [1.165, 1.54) is 6.26 Å². The molecule has 2 rings (SSSR count). The highest BCUT2D eigenvalue weighted by Gasteiger charge is 2.17. The topological polar surface area (TPSA) is 76.2 Å². The zero-order valence-electron chi connectivity index (χ0n) is 8.89. The lowest BCUT2D eigenvalue weighted by atomic mass is 10.1. The number of carboxylic acid groups (broad SMARTS) is 1. The Morgan fingerprint density at radius 3 is 2.56 bits per heavy atom. The summed E-state index contributed by atoms with van der Waals surface area (Å²) < 4.78 is 5.17. The summed E-state index contributed by atoms with van der Waals surface area (Å²) in [7, 11) is 0. The van der Waals surface area contributed by atoms with Crippen LogP contribution in [-0.2, 0) is 0 Å². The lowest BCUT2D eigenvalue weighted by Gasteiger charge is -2.01. The van der Waals surface area contributed by atoms with E-state index >= 15 is 0 Å². The number of aromatic nitrogens is 2. The molecular formula is C11H10N2O3. The zero-order chi connectivity index (χ0) is 11.7. The average molecular weight is 218 g/mol. The van der Waals surface area contributed by atoms with Crippen molar-refractivity contribution in [3.8, 4) is 11.5 Å². The predicted octanol–water partition coefficient (Wildman–Crippen LogP) is 2.05. The van der Waals surface area contributed by atoms with Crippen molar-refractivity contribution in [2.24, 2.45) is 0 Å². The zero-order valence-corrected chi connectivity index (χ0v) is 8.89. The van der Waals surface area contributed by atoms with E-state index in [0.717, 1.165) is 0 Å². The standard InChI is InChI=1S/C11H10N2O3/c1-6-3-4-8(9(12-6)11(14)15)10-13-7(2)5-16-10/h3-5H,1-2H3,(H,14,15). The van der Waals surface area contributed by atoms with Crippen molar-refractivity contribution in [3.63, 3.8) is 0 Å². The largest absolute Gasteiger partial charge is 0.476 e. The first-order chi connectivity index (χ1) is 7.58. The van der Waals surface area contributed by atoms with Gasteiger partial charge < -0.3 is 9.52 Å². The summed E-state index contributed by atoms with van der Waals surface area (Å²) in [5.74, 6) is -0.808. The van der Waals surface area contributed by atoms with Crippen molar-refractivity contribution < 1.29 is 14.3 Å². The van der Waals surface area contributed by atoms with Gasteiger partial charge in [0.15, 0.2) is 5.69 Å². The van der Waals surface area contributed by atoms with E-state index in [1.54, 1.807) is 26.0 Å². The molecule has 82 valence electrons. The van der Waals surface area contributed by atoms with Crippen LogP contribution in [0, 0.1) is 13.8 Å². The van der Waals surface area contributed by atoms with Gasteiger partial charge in [0, 0.05) is 5.69 Å². The Balaban J connectivity index is 2.60. The van der Waals surface area contributed by atoms with Crippen LogP contribution in [0.3, 0.4) is 0 Å². The molecule has 0 fully saturated rings. The van der Waals surface area contributed by atoms with Crippen molar-refractivity contribution in [1.82, 2.24) is 9.97 Å². The number of aromatic carboxylic acids is 1. The van der Waals surface area contributed by atoms with Gasteiger partial charge in [-0.2, -0.15) is 0 Å². The summed E-state index contributed by atoms with van der Waals surface area (Å²) in [6.07, 6.45) is 1.47. The number of pyridine rings is 1. The Morgan fingerprint density at radius 2 is 2.00 bits per heavy atom. The Morgan fingerprint density at radius 1 is 1.25 bits per heavy atom. The van der Waals surface area contributed by atoms with Crippen LogP contribution in [0.4, 0.5) is 0 Å². The number of hydrogen-bond donors (Lipinski definition) is 1. The Bertz CT molecular complexity index is 546. The number of nitrogens with zero attached hydrogens (tertiary/aromatic N) is 2. The first-order valence-electron chi connectivity index (χ1n) is 4.71. The van der Waals surface area contributed by atoms with Gasteiger partial charge in [-0.05, 0) is 26.0 Å². The number of carboxylic acids is 1. The molecule has 0 saturated heterocycles. The molecule has 0 radical (unpaired) electrons. The number of rotatable bonds is 2. The molecule has 2 aromatic rings. The van der Waals surface area contributed by atoms with E-state index in [4.69, 9.17) is 9.52 Å². The summed E-state index contributed by atoms with van der Waals surface area (Å²) in [6.45, 7) is 3.51. The first-order valence-corrected chi connectivity index (χ1v) is 4.71. The average Bonchev–Trinajstić information content (AvgIpc) is 2.64. The molecular weight excluding hydrogens is 208 g/mol. The highest BCUT2D eigenvalue weighted by Crippen LogP contribution is 2.22. The molecule has 0 aliphatic carbocycles. The van der Waals surface area contributed by atoms with Crippen molar-refractivity contribution in [3.05, 3.63) is 35.5 Å². The SMILES string of the molecule is Cc1coc(-c2ccc(C)nc2C(=O)O)n1. The maximum Gasteiger partial charge on any atom is 0.355 e. The normalized spacial score (nSPS) is 10.4. The lowest BCUT2D eigenvalue weighted by Crippen LogP contribution is -2.04. The second-order valence-electron chi connectivity index (χ2n) is 3.45. The van der Waals surface area contributed by atoms with Gasteiger partial charge in [0.25, 0.3) is 0 Å². The first kappa shape index (κ1) is 10.4. The summed E-state index contributed by atoms with van der Waals surface area (Å²) in [5.41, 5.74) is 1.70. The van der Waals surface area contributed by atoms with E-state index in [1.807, 2.05) is 0 Å². The summed E-state index contributed by atoms with van der Waals surface area (Å²) >= 11 is 0. The molecule has 5 nitrogen and oxygen atoms in total. The van der Waals surface area contributed by atoms with Crippen LogP contribution in [0.5, 0.6) is 0 Å². The molecule has 16 heavy (non-hydrogen) atoms. The third-order valence-electron chi connectivity index (χ3n) is 2.09. The number of aryl methyl sites for hydroxylation is 2. The van der Waals surface area contributed by atoms with Crippen LogP contribution in [0.25, 0.3) is 11.5 Å². The lowest BCUT2D eigenvalue weighted by molar-refractivity contribution is 0.0691. The molecule has 0 aliphatic heterocycles. The summed E-state index contributed by atoms with van der Waals surface area (Å²) in [4.78, 5) is 19.1. The minimum absolute atomic E-state index is 0.0400.